The van der Waals surface area contributed by atoms with Crippen molar-refractivity contribution in [1.82, 2.24) is 15.2 Å². The molecule has 1 aliphatic rings. The second kappa shape index (κ2) is 9.74. The highest BCUT2D eigenvalue weighted by Crippen LogP contribution is 2.38. The zero-order chi connectivity index (χ0) is 28.9. The van der Waals surface area contributed by atoms with Crippen LogP contribution in [-0.2, 0) is 11.0 Å². The largest absolute Gasteiger partial charge is 0.480 e. The Balaban J connectivity index is 1.80. The summed E-state index contributed by atoms with van der Waals surface area (Å²) in [6.07, 6.45) is -12.4. The predicted octanol–water partition coefficient (Wildman–Crippen LogP) is 4.88. The van der Waals surface area contributed by atoms with Crippen LogP contribution in [0.3, 0.4) is 0 Å². The minimum atomic E-state index is -4.96. The number of benzene rings is 1. The molecule has 0 aliphatic carbocycles. The lowest BCUT2D eigenvalue weighted by Gasteiger charge is -2.25. The number of hydrogen-bond donors (Lipinski definition) is 2. The number of hydrogen-bond acceptors (Lipinski definition) is 6. The maximum atomic E-state index is 15.3. The van der Waals surface area contributed by atoms with Gasteiger partial charge in [-0.2, -0.15) is 31.4 Å². The number of alkyl halides is 6. The van der Waals surface area contributed by atoms with Crippen molar-refractivity contribution in [2.75, 3.05) is 23.9 Å². The summed E-state index contributed by atoms with van der Waals surface area (Å²) < 4.78 is 105. The number of aromatic nitrogens is 3. The molecule has 9 nitrogen and oxygen atoms in total. The van der Waals surface area contributed by atoms with Gasteiger partial charge in [-0.25, -0.2) is 9.37 Å². The molecule has 0 fully saturated rings. The number of likely N-dealkylation sites (N-methyl/N-ethyl adjacent to an activating group) is 1. The minimum Gasteiger partial charge on any atom is -0.480 e. The van der Waals surface area contributed by atoms with E-state index in [0.29, 0.717) is 13.0 Å². The van der Waals surface area contributed by atoms with Gasteiger partial charge in [0.2, 0.25) is 0 Å². The summed E-state index contributed by atoms with van der Waals surface area (Å²) >= 11 is 0. The van der Waals surface area contributed by atoms with Crippen molar-refractivity contribution in [3.05, 3.63) is 47.0 Å². The normalized spacial score (nSPS) is 14.5. The van der Waals surface area contributed by atoms with Crippen LogP contribution in [0.5, 0.6) is 11.5 Å². The molecule has 3 aromatic rings. The lowest BCUT2D eigenvalue weighted by molar-refractivity contribution is -0.189. The molecule has 2 aromatic heterocycles. The molecule has 2 amide bonds. The molecular weight excluding hydrogens is 543 g/mol. The number of amides is 2. The third kappa shape index (κ3) is 5.44. The third-order valence-electron chi connectivity index (χ3n) is 5.71. The topological polar surface area (TPSA) is 109 Å². The van der Waals surface area contributed by atoms with E-state index in [2.05, 4.69) is 10.1 Å². The first-order chi connectivity index (χ1) is 18.1. The van der Waals surface area contributed by atoms with E-state index in [1.54, 1.807) is 5.10 Å². The first-order valence-electron chi connectivity index (χ1n) is 11.0. The fraction of sp³-hybridized carbons (Fsp3) is 0.304. The summed E-state index contributed by atoms with van der Waals surface area (Å²) in [5.41, 5.74) is -3.89. The van der Waals surface area contributed by atoms with Crippen LogP contribution in [0.4, 0.5) is 42.2 Å². The Labute approximate surface area is 214 Å². The highest BCUT2D eigenvalue weighted by molar-refractivity contribution is 6.07. The van der Waals surface area contributed by atoms with Crippen LogP contribution >= 0.6 is 0 Å². The Morgan fingerprint density at radius 2 is 1.90 bits per heavy atom. The molecule has 39 heavy (non-hydrogen) atoms. The van der Waals surface area contributed by atoms with E-state index in [1.807, 2.05) is 5.32 Å². The fourth-order valence-electron chi connectivity index (χ4n) is 3.55. The third-order valence-corrected chi connectivity index (χ3v) is 5.71. The van der Waals surface area contributed by atoms with E-state index < -0.39 is 64.3 Å². The highest BCUT2D eigenvalue weighted by Gasteiger charge is 2.40. The van der Waals surface area contributed by atoms with Gasteiger partial charge in [0.15, 0.2) is 30.0 Å². The van der Waals surface area contributed by atoms with Gasteiger partial charge in [0.05, 0.1) is 22.6 Å². The lowest BCUT2D eigenvalue weighted by Crippen LogP contribution is -2.36. The molecule has 0 bridgehead atoms. The number of nitrogens with zero attached hydrogens (tertiary/aromatic N) is 3. The maximum absolute atomic E-state index is 15.3. The van der Waals surface area contributed by atoms with Crippen LogP contribution in [-0.4, -0.2) is 52.9 Å². The van der Waals surface area contributed by atoms with E-state index in [0.717, 1.165) is 17.9 Å². The number of aromatic amines is 1. The van der Waals surface area contributed by atoms with Crippen molar-refractivity contribution in [3.63, 3.8) is 0 Å². The lowest BCUT2D eigenvalue weighted by atomic mass is 10.0. The SMILES string of the molecule is Cc1n[nH]c(C(F)(F)F)c1NC(=O)c1cc(F)c(-c2ccc3c(n2)N(C)C(=O)CO3)cc1O[C@@H](C)C(F)(F)F. The van der Waals surface area contributed by atoms with Crippen molar-refractivity contribution in [1.29, 1.82) is 0 Å². The summed E-state index contributed by atoms with van der Waals surface area (Å²) in [6, 6.07) is 3.90. The molecular formula is C23H18F7N5O4. The van der Waals surface area contributed by atoms with E-state index in [-0.39, 0.29) is 29.6 Å². The number of carbonyl (C=O) groups is 2. The van der Waals surface area contributed by atoms with Gasteiger partial charge in [0.25, 0.3) is 11.8 Å². The minimum absolute atomic E-state index is 0.00575. The van der Waals surface area contributed by atoms with Gasteiger partial charge < -0.3 is 14.8 Å². The van der Waals surface area contributed by atoms with E-state index in [4.69, 9.17) is 9.47 Å². The van der Waals surface area contributed by atoms with Crippen molar-refractivity contribution in [3.8, 4) is 22.8 Å². The van der Waals surface area contributed by atoms with Gasteiger partial charge in [0.1, 0.15) is 11.6 Å². The zero-order valence-corrected chi connectivity index (χ0v) is 20.2. The number of H-pyrrole nitrogens is 1. The molecule has 0 radical (unpaired) electrons. The molecule has 1 aromatic carbocycles. The molecule has 0 saturated heterocycles. The van der Waals surface area contributed by atoms with Gasteiger partial charge in [0, 0.05) is 12.6 Å². The summed E-state index contributed by atoms with van der Waals surface area (Å²) in [5.74, 6) is -3.61. The Hall–Kier alpha value is -4.37. The first kappa shape index (κ1) is 27.7. The molecule has 0 unspecified atom stereocenters. The standard InChI is InChI=1S/C23H18F7N5O4/c1-9-18(19(34-33-9)23(28,29)30)32-21(37)12-6-13(24)11(7-16(12)39-10(2)22(25,26)27)14-4-5-15-20(31-14)35(3)17(36)8-38-15/h4-7,10H,8H2,1-3H3,(H,32,37)(H,33,34)/t10-/m0/s1. The van der Waals surface area contributed by atoms with Crippen LogP contribution in [0.15, 0.2) is 24.3 Å². The summed E-state index contributed by atoms with van der Waals surface area (Å²) in [7, 11) is 1.39. The Bertz CT molecular complexity index is 1450. The van der Waals surface area contributed by atoms with Gasteiger partial charge in [-0.3, -0.25) is 19.6 Å². The molecule has 0 spiro atoms. The maximum Gasteiger partial charge on any atom is 0.434 e. The quantitative estimate of drug-likeness (QED) is 0.430. The van der Waals surface area contributed by atoms with Gasteiger partial charge >= 0.3 is 12.4 Å². The van der Waals surface area contributed by atoms with Gasteiger partial charge in [-0.1, -0.05) is 0 Å². The highest BCUT2D eigenvalue weighted by atomic mass is 19.4. The van der Waals surface area contributed by atoms with E-state index >= 15 is 4.39 Å². The van der Waals surface area contributed by atoms with E-state index in [9.17, 15) is 35.9 Å². The van der Waals surface area contributed by atoms with Crippen molar-refractivity contribution < 1.29 is 49.8 Å². The van der Waals surface area contributed by atoms with E-state index in [1.165, 1.54) is 19.2 Å². The zero-order valence-electron chi connectivity index (χ0n) is 20.2. The number of carbonyl (C=O) groups excluding carboxylic acids is 2. The number of anilines is 2. The number of nitrogens with one attached hydrogen (secondary N) is 2. The smallest absolute Gasteiger partial charge is 0.434 e. The molecule has 16 heteroatoms. The van der Waals surface area contributed by atoms with Crippen molar-refractivity contribution in [2.24, 2.45) is 0 Å². The summed E-state index contributed by atoms with van der Waals surface area (Å²) in [5, 5.41) is 7.03. The average Bonchev–Trinajstić information content (AvgIpc) is 3.22. The van der Waals surface area contributed by atoms with Crippen LogP contribution in [0.25, 0.3) is 11.3 Å². The Morgan fingerprint density at radius 3 is 2.54 bits per heavy atom. The van der Waals surface area contributed by atoms with Gasteiger partial charge in [-0.15, -0.1) is 0 Å². The molecule has 4 rings (SSSR count). The van der Waals surface area contributed by atoms with Crippen LogP contribution in [0.2, 0.25) is 0 Å². The monoisotopic (exact) mass is 561 g/mol. The second-order valence-electron chi connectivity index (χ2n) is 8.40. The second-order valence-corrected chi connectivity index (χ2v) is 8.40. The molecule has 2 N–H and O–H groups in total. The number of rotatable bonds is 5. The summed E-state index contributed by atoms with van der Waals surface area (Å²) in [4.78, 5) is 30.2. The molecule has 1 atom stereocenters. The average molecular weight is 561 g/mol. The van der Waals surface area contributed by atoms with Crippen LogP contribution in [0.1, 0.15) is 28.7 Å². The van der Waals surface area contributed by atoms with Crippen molar-refractivity contribution >= 4 is 23.3 Å². The number of ether oxygens (including phenoxy) is 2. The number of pyridine rings is 1. The molecule has 1 aliphatic heterocycles. The van der Waals surface area contributed by atoms with Gasteiger partial charge in [-0.05, 0) is 38.1 Å². The first-order valence-corrected chi connectivity index (χ1v) is 11.0. The summed E-state index contributed by atoms with van der Waals surface area (Å²) in [6.45, 7) is 1.51. The van der Waals surface area contributed by atoms with Crippen molar-refractivity contribution in [2.45, 2.75) is 32.3 Å². The van der Waals surface area contributed by atoms with Crippen LogP contribution < -0.4 is 19.7 Å². The van der Waals surface area contributed by atoms with Crippen LogP contribution in [0, 0.1) is 12.7 Å². The molecule has 0 saturated carbocycles. The Kier molecular flexibility index (Phi) is 6.91. The predicted molar refractivity (Wildman–Crippen MR) is 121 cm³/mol. The number of halogens is 7. The molecule has 3 heterocycles. The number of fused-ring (bicyclic) bond motifs is 1. The Morgan fingerprint density at radius 1 is 1.21 bits per heavy atom. The number of aryl methyl sites for hydroxylation is 1. The molecule has 208 valence electrons. The fourth-order valence-corrected chi connectivity index (χ4v) is 3.55.